The molecule has 0 bridgehead atoms. The van der Waals surface area contributed by atoms with E-state index in [2.05, 4.69) is 24.3 Å². The van der Waals surface area contributed by atoms with E-state index in [0.717, 1.165) is 24.7 Å². The molecular formula is C16H22O. The molecule has 92 valence electrons. The summed E-state index contributed by atoms with van der Waals surface area (Å²) in [6.07, 6.45) is 8.55. The van der Waals surface area contributed by atoms with Crippen molar-refractivity contribution in [3.63, 3.8) is 0 Å². The lowest BCUT2D eigenvalue weighted by Gasteiger charge is -2.27. The maximum atomic E-state index is 9.62. The van der Waals surface area contributed by atoms with Crippen LogP contribution >= 0.6 is 0 Å². The quantitative estimate of drug-likeness (QED) is 0.822. The van der Waals surface area contributed by atoms with Gasteiger partial charge in [0.25, 0.3) is 0 Å². The van der Waals surface area contributed by atoms with E-state index < -0.39 is 0 Å². The third-order valence-electron chi connectivity index (χ3n) is 4.63. The lowest BCUT2D eigenvalue weighted by atomic mass is 9.78. The van der Waals surface area contributed by atoms with E-state index in [4.69, 9.17) is 0 Å². The van der Waals surface area contributed by atoms with Crippen LogP contribution in [0.2, 0.25) is 0 Å². The van der Waals surface area contributed by atoms with Gasteiger partial charge < -0.3 is 5.11 Å². The molecule has 17 heavy (non-hydrogen) atoms. The number of aliphatic hydroxyl groups excluding tert-OH is 1. The minimum Gasteiger partial charge on any atom is -0.393 e. The molecule has 2 aliphatic rings. The number of hydrogen-bond acceptors (Lipinski definition) is 1. The Labute approximate surface area is 104 Å². The highest BCUT2D eigenvalue weighted by molar-refractivity contribution is 5.32. The van der Waals surface area contributed by atoms with Crippen molar-refractivity contribution in [3.05, 3.63) is 35.4 Å². The molecule has 0 heterocycles. The molecule has 1 aromatic carbocycles. The van der Waals surface area contributed by atoms with Crippen molar-refractivity contribution in [3.8, 4) is 0 Å². The first kappa shape index (κ1) is 11.3. The van der Waals surface area contributed by atoms with Gasteiger partial charge in [-0.15, -0.1) is 0 Å². The monoisotopic (exact) mass is 230 g/mol. The van der Waals surface area contributed by atoms with E-state index in [-0.39, 0.29) is 6.10 Å². The van der Waals surface area contributed by atoms with Crippen molar-refractivity contribution in [2.45, 2.75) is 57.0 Å². The number of aryl methyl sites for hydroxylation is 1. The van der Waals surface area contributed by atoms with Gasteiger partial charge in [-0.2, -0.15) is 0 Å². The Kier molecular flexibility index (Phi) is 3.19. The summed E-state index contributed by atoms with van der Waals surface area (Å²) in [5.41, 5.74) is 3.17. The third-order valence-corrected chi connectivity index (χ3v) is 4.63. The second-order valence-electron chi connectivity index (χ2n) is 5.86. The average Bonchev–Trinajstić information content (AvgIpc) is 2.75. The standard InChI is InChI=1S/C16H22O/c17-15-9-8-12(11-15)10-14-6-3-5-13-4-1-2-7-16(13)14/h1-2,4,7,12,14-15,17H,3,5-6,8-11H2. The molecule has 3 atom stereocenters. The van der Waals surface area contributed by atoms with Crippen LogP contribution in [0.5, 0.6) is 0 Å². The van der Waals surface area contributed by atoms with E-state index in [0.29, 0.717) is 0 Å². The van der Waals surface area contributed by atoms with Crippen LogP contribution in [0, 0.1) is 5.92 Å². The predicted octanol–water partition coefficient (Wildman–Crippen LogP) is 3.66. The van der Waals surface area contributed by atoms with Gasteiger partial charge in [0.1, 0.15) is 0 Å². The van der Waals surface area contributed by atoms with E-state index in [1.165, 1.54) is 32.1 Å². The Morgan fingerprint density at radius 2 is 2.00 bits per heavy atom. The Morgan fingerprint density at radius 3 is 2.82 bits per heavy atom. The van der Waals surface area contributed by atoms with Gasteiger partial charge in [0.2, 0.25) is 0 Å². The second-order valence-corrected chi connectivity index (χ2v) is 5.86. The van der Waals surface area contributed by atoms with Gasteiger partial charge in [-0.1, -0.05) is 24.3 Å². The first-order chi connectivity index (χ1) is 8.33. The fourth-order valence-corrected chi connectivity index (χ4v) is 3.76. The molecule has 0 aliphatic heterocycles. The summed E-state index contributed by atoms with van der Waals surface area (Å²) < 4.78 is 0. The van der Waals surface area contributed by atoms with Crippen LogP contribution in [0.25, 0.3) is 0 Å². The van der Waals surface area contributed by atoms with Gasteiger partial charge in [0, 0.05) is 0 Å². The molecule has 0 amide bonds. The smallest absolute Gasteiger partial charge is 0.0543 e. The molecule has 0 aromatic heterocycles. The molecule has 1 nitrogen and oxygen atoms in total. The van der Waals surface area contributed by atoms with Crippen molar-refractivity contribution in [2.24, 2.45) is 5.92 Å². The maximum Gasteiger partial charge on any atom is 0.0543 e. The number of rotatable bonds is 2. The van der Waals surface area contributed by atoms with Gasteiger partial charge in [-0.25, -0.2) is 0 Å². The zero-order valence-corrected chi connectivity index (χ0v) is 10.4. The Bertz CT molecular complexity index is 385. The van der Waals surface area contributed by atoms with Crippen molar-refractivity contribution >= 4 is 0 Å². The molecule has 1 heteroatoms. The number of hydrogen-bond donors (Lipinski definition) is 1. The average molecular weight is 230 g/mol. The lowest BCUT2D eigenvalue weighted by molar-refractivity contribution is 0.176. The molecular weight excluding hydrogens is 208 g/mol. The second kappa shape index (κ2) is 4.81. The van der Waals surface area contributed by atoms with Crippen LogP contribution in [-0.4, -0.2) is 11.2 Å². The molecule has 1 saturated carbocycles. The highest BCUT2D eigenvalue weighted by Crippen LogP contribution is 2.40. The summed E-state index contributed by atoms with van der Waals surface area (Å²) in [7, 11) is 0. The Hall–Kier alpha value is -0.820. The largest absolute Gasteiger partial charge is 0.393 e. The van der Waals surface area contributed by atoms with Crippen LogP contribution in [0.1, 0.15) is 55.6 Å². The molecule has 1 fully saturated rings. The van der Waals surface area contributed by atoms with Crippen LogP contribution in [-0.2, 0) is 6.42 Å². The van der Waals surface area contributed by atoms with Gasteiger partial charge in [-0.05, 0) is 67.9 Å². The van der Waals surface area contributed by atoms with Crippen molar-refractivity contribution < 1.29 is 5.11 Å². The van der Waals surface area contributed by atoms with Crippen LogP contribution in [0.4, 0.5) is 0 Å². The molecule has 3 rings (SSSR count). The molecule has 1 aromatic rings. The van der Waals surface area contributed by atoms with E-state index >= 15 is 0 Å². The fraction of sp³-hybridized carbons (Fsp3) is 0.625. The molecule has 2 aliphatic carbocycles. The van der Waals surface area contributed by atoms with Gasteiger partial charge in [-0.3, -0.25) is 0 Å². The summed E-state index contributed by atoms with van der Waals surface area (Å²) in [5.74, 6) is 1.52. The number of fused-ring (bicyclic) bond motifs is 1. The van der Waals surface area contributed by atoms with Crippen LogP contribution in [0.15, 0.2) is 24.3 Å². The normalized spacial score (nSPS) is 32.4. The first-order valence-electron chi connectivity index (χ1n) is 7.09. The summed E-state index contributed by atoms with van der Waals surface area (Å²) in [6, 6.07) is 8.97. The van der Waals surface area contributed by atoms with Crippen LogP contribution in [0.3, 0.4) is 0 Å². The highest BCUT2D eigenvalue weighted by atomic mass is 16.3. The summed E-state index contributed by atoms with van der Waals surface area (Å²) in [5, 5.41) is 9.62. The number of benzene rings is 1. The van der Waals surface area contributed by atoms with Crippen LogP contribution < -0.4 is 0 Å². The third kappa shape index (κ3) is 2.40. The van der Waals surface area contributed by atoms with Crippen molar-refractivity contribution in [1.29, 1.82) is 0 Å². The maximum absolute atomic E-state index is 9.62. The Balaban J connectivity index is 1.72. The molecule has 0 spiro atoms. The topological polar surface area (TPSA) is 20.2 Å². The van der Waals surface area contributed by atoms with Gasteiger partial charge in [0.15, 0.2) is 0 Å². The zero-order chi connectivity index (χ0) is 11.7. The predicted molar refractivity (Wildman–Crippen MR) is 70.1 cm³/mol. The zero-order valence-electron chi connectivity index (χ0n) is 10.4. The summed E-state index contributed by atoms with van der Waals surface area (Å²) in [6.45, 7) is 0. The van der Waals surface area contributed by atoms with Gasteiger partial charge in [0.05, 0.1) is 6.10 Å². The summed E-state index contributed by atoms with van der Waals surface area (Å²) >= 11 is 0. The molecule has 1 N–H and O–H groups in total. The van der Waals surface area contributed by atoms with E-state index in [9.17, 15) is 5.11 Å². The first-order valence-corrected chi connectivity index (χ1v) is 7.09. The SMILES string of the molecule is OC1CCC(CC2CCCc3ccccc32)C1. The van der Waals surface area contributed by atoms with E-state index in [1.54, 1.807) is 11.1 Å². The minimum atomic E-state index is -0.0150. The fourth-order valence-electron chi connectivity index (χ4n) is 3.76. The van der Waals surface area contributed by atoms with Crippen molar-refractivity contribution in [1.82, 2.24) is 0 Å². The number of aliphatic hydroxyl groups is 1. The highest BCUT2D eigenvalue weighted by Gasteiger charge is 2.28. The lowest BCUT2D eigenvalue weighted by Crippen LogP contribution is -2.13. The Morgan fingerprint density at radius 1 is 1.12 bits per heavy atom. The molecule has 3 unspecified atom stereocenters. The van der Waals surface area contributed by atoms with E-state index in [1.807, 2.05) is 0 Å². The molecule has 0 saturated heterocycles. The van der Waals surface area contributed by atoms with Crippen molar-refractivity contribution in [2.75, 3.05) is 0 Å². The minimum absolute atomic E-state index is 0.0150. The molecule has 0 radical (unpaired) electrons. The summed E-state index contributed by atoms with van der Waals surface area (Å²) in [4.78, 5) is 0. The van der Waals surface area contributed by atoms with Gasteiger partial charge >= 0.3 is 0 Å².